The Morgan fingerprint density at radius 1 is 1.04 bits per heavy atom. The highest BCUT2D eigenvalue weighted by atomic mass is 127. The summed E-state index contributed by atoms with van der Waals surface area (Å²) in [5.74, 6) is 0.830. The summed E-state index contributed by atoms with van der Waals surface area (Å²) in [6.45, 7) is 5.18. The smallest absolute Gasteiger partial charge is 0.191 e. The van der Waals surface area contributed by atoms with Gasteiger partial charge in [-0.05, 0) is 30.2 Å². The molecule has 148 valence electrons. The quantitative estimate of drug-likeness (QED) is 0.289. The first kappa shape index (κ1) is 21.9. The molecule has 0 unspecified atom stereocenters. The molecular formula is C21H27IN6. The predicted octanol–water partition coefficient (Wildman–Crippen LogP) is 3.24. The highest BCUT2D eigenvalue weighted by Crippen LogP contribution is 2.07. The lowest BCUT2D eigenvalue weighted by molar-refractivity contribution is 0.787. The van der Waals surface area contributed by atoms with Crippen LogP contribution in [0.4, 0.5) is 0 Å². The van der Waals surface area contributed by atoms with Crippen LogP contribution in [0.25, 0.3) is 0 Å². The van der Waals surface area contributed by atoms with Gasteiger partial charge in [0, 0.05) is 50.3 Å². The van der Waals surface area contributed by atoms with Crippen LogP contribution in [0.5, 0.6) is 0 Å². The molecule has 0 aliphatic carbocycles. The Kier molecular flexibility index (Phi) is 9.47. The molecular weight excluding hydrogens is 463 g/mol. The number of benzene rings is 1. The fourth-order valence-corrected chi connectivity index (χ4v) is 2.71. The lowest BCUT2D eigenvalue weighted by Gasteiger charge is -2.11. The molecule has 2 heterocycles. The van der Waals surface area contributed by atoms with Gasteiger partial charge in [-0.25, -0.2) is 9.98 Å². The second-order valence-corrected chi connectivity index (χ2v) is 6.24. The van der Waals surface area contributed by atoms with E-state index in [0.717, 1.165) is 37.7 Å². The number of halogens is 1. The topological polar surface area (TPSA) is 67.1 Å². The Bertz CT molecular complexity index is 816. The number of nitrogens with one attached hydrogen (secondary N) is 2. The SMILES string of the molecule is CCNC(=NCc1ccc(Cn2ccnc2)cc1)NCCc1ccccn1.I. The monoisotopic (exact) mass is 490 g/mol. The van der Waals surface area contributed by atoms with Crippen LogP contribution in [0.2, 0.25) is 0 Å². The first-order chi connectivity index (χ1) is 13.3. The molecule has 1 aromatic carbocycles. The van der Waals surface area contributed by atoms with E-state index in [9.17, 15) is 0 Å². The number of imidazole rings is 1. The predicted molar refractivity (Wildman–Crippen MR) is 124 cm³/mol. The zero-order chi connectivity index (χ0) is 18.7. The van der Waals surface area contributed by atoms with Gasteiger partial charge in [-0.1, -0.05) is 30.3 Å². The van der Waals surface area contributed by atoms with Gasteiger partial charge in [0.25, 0.3) is 0 Å². The molecule has 0 bridgehead atoms. The molecule has 0 aliphatic heterocycles. The minimum Gasteiger partial charge on any atom is -0.357 e. The summed E-state index contributed by atoms with van der Waals surface area (Å²) in [5.41, 5.74) is 3.52. The summed E-state index contributed by atoms with van der Waals surface area (Å²) in [6, 6.07) is 14.5. The molecule has 3 aromatic rings. The Balaban J connectivity index is 0.00000280. The van der Waals surface area contributed by atoms with Crippen molar-refractivity contribution < 1.29 is 0 Å². The number of rotatable bonds is 8. The molecule has 0 saturated heterocycles. The van der Waals surface area contributed by atoms with Crippen molar-refractivity contribution in [1.82, 2.24) is 25.2 Å². The molecule has 7 heteroatoms. The minimum absolute atomic E-state index is 0. The van der Waals surface area contributed by atoms with E-state index in [1.54, 1.807) is 6.20 Å². The zero-order valence-corrected chi connectivity index (χ0v) is 18.4. The van der Waals surface area contributed by atoms with E-state index < -0.39 is 0 Å². The second-order valence-electron chi connectivity index (χ2n) is 6.24. The number of pyridine rings is 1. The van der Waals surface area contributed by atoms with Crippen LogP contribution < -0.4 is 10.6 Å². The first-order valence-electron chi connectivity index (χ1n) is 9.29. The van der Waals surface area contributed by atoms with Gasteiger partial charge in [0.1, 0.15) is 0 Å². The number of aromatic nitrogens is 3. The molecule has 0 fully saturated rings. The second kappa shape index (κ2) is 12.1. The number of nitrogens with zero attached hydrogens (tertiary/aromatic N) is 4. The van der Waals surface area contributed by atoms with E-state index in [2.05, 4.69) is 61.4 Å². The Hall–Kier alpha value is -2.42. The van der Waals surface area contributed by atoms with E-state index >= 15 is 0 Å². The largest absolute Gasteiger partial charge is 0.357 e. The summed E-state index contributed by atoms with van der Waals surface area (Å²) in [5, 5.41) is 6.66. The van der Waals surface area contributed by atoms with Crippen LogP contribution in [0.3, 0.4) is 0 Å². The van der Waals surface area contributed by atoms with Crippen LogP contribution in [0.1, 0.15) is 23.7 Å². The first-order valence-corrected chi connectivity index (χ1v) is 9.29. The molecule has 3 rings (SSSR count). The van der Waals surface area contributed by atoms with Crippen molar-refractivity contribution in [3.63, 3.8) is 0 Å². The number of aliphatic imine (C=N–C) groups is 1. The molecule has 0 aliphatic rings. The van der Waals surface area contributed by atoms with E-state index in [4.69, 9.17) is 0 Å². The third-order valence-corrected chi connectivity index (χ3v) is 4.11. The van der Waals surface area contributed by atoms with Gasteiger partial charge >= 0.3 is 0 Å². The van der Waals surface area contributed by atoms with Crippen LogP contribution >= 0.6 is 24.0 Å². The van der Waals surface area contributed by atoms with Gasteiger partial charge in [-0.3, -0.25) is 4.98 Å². The van der Waals surface area contributed by atoms with Gasteiger partial charge in [0.2, 0.25) is 0 Å². The standard InChI is InChI=1S/C21H26N6.HI/c1-2-23-21(25-12-10-20-5-3-4-11-24-20)26-15-18-6-8-19(9-7-18)16-27-14-13-22-17-27;/h3-9,11,13-14,17H,2,10,12,15-16H2,1H3,(H2,23,25,26);1H. The van der Waals surface area contributed by atoms with E-state index in [1.807, 2.05) is 36.9 Å². The summed E-state index contributed by atoms with van der Waals surface area (Å²) < 4.78 is 2.06. The Labute approximate surface area is 183 Å². The van der Waals surface area contributed by atoms with Crippen LogP contribution in [-0.4, -0.2) is 33.6 Å². The van der Waals surface area contributed by atoms with Gasteiger partial charge < -0.3 is 15.2 Å². The van der Waals surface area contributed by atoms with Crippen molar-refractivity contribution in [3.8, 4) is 0 Å². The maximum Gasteiger partial charge on any atom is 0.191 e. The molecule has 28 heavy (non-hydrogen) atoms. The van der Waals surface area contributed by atoms with E-state index in [0.29, 0.717) is 6.54 Å². The molecule has 0 spiro atoms. The third kappa shape index (κ3) is 7.30. The summed E-state index contributed by atoms with van der Waals surface area (Å²) in [7, 11) is 0. The van der Waals surface area contributed by atoms with Gasteiger partial charge in [-0.15, -0.1) is 24.0 Å². The molecule has 2 aromatic heterocycles. The van der Waals surface area contributed by atoms with Gasteiger partial charge in [0.15, 0.2) is 5.96 Å². The summed E-state index contributed by atoms with van der Waals surface area (Å²) >= 11 is 0. The van der Waals surface area contributed by atoms with Crippen LogP contribution in [-0.2, 0) is 19.5 Å². The highest BCUT2D eigenvalue weighted by Gasteiger charge is 2.00. The van der Waals surface area contributed by atoms with Crippen LogP contribution in [0, 0.1) is 0 Å². The van der Waals surface area contributed by atoms with E-state index in [1.165, 1.54) is 11.1 Å². The number of guanidine groups is 1. The molecule has 0 amide bonds. The fourth-order valence-electron chi connectivity index (χ4n) is 2.71. The fraction of sp³-hybridized carbons (Fsp3) is 0.286. The molecule has 6 nitrogen and oxygen atoms in total. The van der Waals surface area contributed by atoms with Crippen molar-refractivity contribution >= 4 is 29.9 Å². The average Bonchev–Trinajstić information content (AvgIpc) is 3.21. The van der Waals surface area contributed by atoms with Crippen molar-refractivity contribution in [2.75, 3.05) is 13.1 Å². The molecule has 2 N–H and O–H groups in total. The lowest BCUT2D eigenvalue weighted by atomic mass is 10.1. The third-order valence-electron chi connectivity index (χ3n) is 4.11. The Morgan fingerprint density at radius 2 is 1.86 bits per heavy atom. The van der Waals surface area contributed by atoms with Crippen molar-refractivity contribution in [2.24, 2.45) is 4.99 Å². The Morgan fingerprint density at radius 3 is 2.54 bits per heavy atom. The highest BCUT2D eigenvalue weighted by molar-refractivity contribution is 14.0. The van der Waals surface area contributed by atoms with Gasteiger partial charge in [0.05, 0.1) is 12.9 Å². The maximum atomic E-state index is 4.68. The minimum atomic E-state index is 0. The number of hydrogen-bond donors (Lipinski definition) is 2. The summed E-state index contributed by atoms with van der Waals surface area (Å²) in [6.07, 6.45) is 8.29. The number of hydrogen-bond acceptors (Lipinski definition) is 3. The lowest BCUT2D eigenvalue weighted by Crippen LogP contribution is -2.38. The van der Waals surface area contributed by atoms with Crippen molar-refractivity contribution in [1.29, 1.82) is 0 Å². The maximum absolute atomic E-state index is 4.68. The van der Waals surface area contributed by atoms with Crippen molar-refractivity contribution in [2.45, 2.75) is 26.4 Å². The summed E-state index contributed by atoms with van der Waals surface area (Å²) in [4.78, 5) is 13.1. The molecule has 0 atom stereocenters. The average molecular weight is 490 g/mol. The normalized spacial score (nSPS) is 11.0. The van der Waals surface area contributed by atoms with Crippen molar-refractivity contribution in [3.05, 3.63) is 84.2 Å². The zero-order valence-electron chi connectivity index (χ0n) is 16.1. The van der Waals surface area contributed by atoms with E-state index in [-0.39, 0.29) is 24.0 Å². The van der Waals surface area contributed by atoms with Crippen LogP contribution in [0.15, 0.2) is 72.4 Å². The molecule has 0 saturated carbocycles. The van der Waals surface area contributed by atoms with Gasteiger partial charge in [-0.2, -0.15) is 0 Å². The molecule has 0 radical (unpaired) electrons.